The highest BCUT2D eigenvalue weighted by Crippen LogP contribution is 2.05. The highest BCUT2D eigenvalue weighted by atomic mass is 32.2. The molecule has 0 aliphatic rings. The van der Waals surface area contributed by atoms with Crippen molar-refractivity contribution in [1.29, 1.82) is 0 Å². The number of hydrogen-bond acceptors (Lipinski definition) is 3. The summed E-state index contributed by atoms with van der Waals surface area (Å²) in [5, 5.41) is 6.75. The molecule has 21 heavy (non-hydrogen) atoms. The molecule has 0 aromatic rings. The van der Waals surface area contributed by atoms with Crippen molar-refractivity contribution in [3.8, 4) is 0 Å². The summed E-state index contributed by atoms with van der Waals surface area (Å²) in [6, 6.07) is 1.22. The van der Waals surface area contributed by atoms with Gasteiger partial charge in [-0.3, -0.25) is 9.89 Å². The molecule has 0 aliphatic carbocycles. The fourth-order valence-electron chi connectivity index (χ4n) is 2.32. The molecule has 0 radical (unpaired) electrons. The predicted molar refractivity (Wildman–Crippen MR) is 98.6 cm³/mol. The van der Waals surface area contributed by atoms with Crippen LogP contribution < -0.4 is 10.6 Å². The van der Waals surface area contributed by atoms with Crippen molar-refractivity contribution in [2.24, 2.45) is 4.99 Å². The lowest BCUT2D eigenvalue weighted by atomic mass is 10.2. The zero-order valence-corrected chi connectivity index (χ0v) is 15.7. The summed E-state index contributed by atoms with van der Waals surface area (Å²) >= 11 is 1.88. The first-order valence-corrected chi connectivity index (χ1v) is 9.69. The molecule has 126 valence electrons. The predicted octanol–water partition coefficient (Wildman–Crippen LogP) is 2.80. The molecule has 0 unspecified atom stereocenters. The second kappa shape index (κ2) is 13.3. The molecule has 0 fully saturated rings. The van der Waals surface area contributed by atoms with Gasteiger partial charge in [-0.05, 0) is 59.5 Å². The average Bonchev–Trinajstić information content (AvgIpc) is 2.42. The highest BCUT2D eigenvalue weighted by Gasteiger charge is 2.12. The van der Waals surface area contributed by atoms with E-state index in [1.165, 1.54) is 5.75 Å². The van der Waals surface area contributed by atoms with E-state index in [4.69, 9.17) is 0 Å². The van der Waals surface area contributed by atoms with Crippen molar-refractivity contribution in [2.45, 2.75) is 59.5 Å². The van der Waals surface area contributed by atoms with Crippen LogP contribution in [0.4, 0.5) is 0 Å². The van der Waals surface area contributed by atoms with E-state index in [9.17, 15) is 0 Å². The Hall–Kier alpha value is -0.420. The van der Waals surface area contributed by atoms with Gasteiger partial charge in [-0.1, -0.05) is 0 Å². The molecular weight excluding hydrogens is 280 g/mol. The monoisotopic (exact) mass is 316 g/mol. The van der Waals surface area contributed by atoms with Gasteiger partial charge in [0.2, 0.25) is 0 Å². The van der Waals surface area contributed by atoms with Gasteiger partial charge in [0.05, 0.1) is 0 Å². The van der Waals surface area contributed by atoms with Gasteiger partial charge in [-0.25, -0.2) is 0 Å². The minimum atomic E-state index is 0.610. The third kappa shape index (κ3) is 10.9. The SMILES string of the molecule is CCNC(=NCCCSC)NCCCN(C(C)C)C(C)C. The molecule has 0 atom stereocenters. The standard InChI is InChI=1S/C16H36N4S/c1-7-17-16(19-11-9-13-21-6)18-10-8-12-20(14(2)3)15(4)5/h14-15H,7-13H2,1-6H3,(H2,17,18,19). The topological polar surface area (TPSA) is 39.7 Å². The van der Waals surface area contributed by atoms with E-state index >= 15 is 0 Å². The van der Waals surface area contributed by atoms with Crippen LogP contribution in [0.15, 0.2) is 4.99 Å². The van der Waals surface area contributed by atoms with Crippen LogP contribution >= 0.6 is 11.8 Å². The van der Waals surface area contributed by atoms with Crippen molar-refractivity contribution >= 4 is 17.7 Å². The fourth-order valence-corrected chi connectivity index (χ4v) is 2.74. The Morgan fingerprint density at radius 1 is 1.10 bits per heavy atom. The van der Waals surface area contributed by atoms with Gasteiger partial charge in [0.25, 0.3) is 0 Å². The van der Waals surface area contributed by atoms with Gasteiger partial charge in [0.1, 0.15) is 0 Å². The van der Waals surface area contributed by atoms with Gasteiger partial charge in [-0.2, -0.15) is 11.8 Å². The van der Waals surface area contributed by atoms with E-state index in [0.29, 0.717) is 12.1 Å². The first-order chi connectivity index (χ1) is 10.0. The van der Waals surface area contributed by atoms with Crippen molar-refractivity contribution < 1.29 is 0 Å². The molecule has 2 N–H and O–H groups in total. The Bertz CT molecular complexity index is 259. The smallest absolute Gasteiger partial charge is 0.191 e. The number of aliphatic imine (C=N–C) groups is 1. The maximum absolute atomic E-state index is 4.61. The van der Waals surface area contributed by atoms with Crippen LogP contribution in [0.3, 0.4) is 0 Å². The molecule has 0 aliphatic heterocycles. The molecule has 0 spiro atoms. The molecule has 4 nitrogen and oxygen atoms in total. The third-order valence-corrected chi connectivity index (χ3v) is 4.03. The zero-order valence-electron chi connectivity index (χ0n) is 14.9. The van der Waals surface area contributed by atoms with E-state index in [1.807, 2.05) is 11.8 Å². The number of nitrogens with zero attached hydrogens (tertiary/aromatic N) is 2. The number of guanidine groups is 1. The van der Waals surface area contributed by atoms with Gasteiger partial charge in [0, 0.05) is 38.3 Å². The Balaban J connectivity index is 4.01. The summed E-state index contributed by atoms with van der Waals surface area (Å²) in [7, 11) is 0. The number of hydrogen-bond donors (Lipinski definition) is 2. The largest absolute Gasteiger partial charge is 0.357 e. The summed E-state index contributed by atoms with van der Waals surface area (Å²) in [6.45, 7) is 15.1. The minimum absolute atomic E-state index is 0.610. The third-order valence-electron chi connectivity index (χ3n) is 3.33. The molecule has 0 saturated heterocycles. The Morgan fingerprint density at radius 3 is 2.29 bits per heavy atom. The lowest BCUT2D eigenvalue weighted by molar-refractivity contribution is 0.173. The fraction of sp³-hybridized carbons (Fsp3) is 0.938. The number of nitrogens with one attached hydrogen (secondary N) is 2. The van der Waals surface area contributed by atoms with Crippen LogP contribution in [0.5, 0.6) is 0 Å². The van der Waals surface area contributed by atoms with E-state index < -0.39 is 0 Å². The van der Waals surface area contributed by atoms with Crippen molar-refractivity contribution in [1.82, 2.24) is 15.5 Å². The Labute approximate surface area is 136 Å². The van der Waals surface area contributed by atoms with Gasteiger partial charge >= 0.3 is 0 Å². The van der Waals surface area contributed by atoms with E-state index in [1.54, 1.807) is 0 Å². The molecule has 0 rings (SSSR count). The summed E-state index contributed by atoms with van der Waals surface area (Å²) < 4.78 is 0. The van der Waals surface area contributed by atoms with Gasteiger partial charge < -0.3 is 10.6 Å². The quantitative estimate of drug-likeness (QED) is 0.349. The maximum Gasteiger partial charge on any atom is 0.191 e. The van der Waals surface area contributed by atoms with Crippen LogP contribution in [0.1, 0.15) is 47.5 Å². The first kappa shape index (κ1) is 20.6. The molecular formula is C16H36N4S. The lowest BCUT2D eigenvalue weighted by Crippen LogP contribution is -2.41. The van der Waals surface area contributed by atoms with E-state index in [0.717, 1.165) is 45.0 Å². The van der Waals surface area contributed by atoms with Gasteiger partial charge in [0.15, 0.2) is 5.96 Å². The molecule has 5 heteroatoms. The van der Waals surface area contributed by atoms with Crippen molar-refractivity contribution in [2.75, 3.05) is 38.2 Å². The average molecular weight is 317 g/mol. The lowest BCUT2D eigenvalue weighted by Gasteiger charge is -2.30. The van der Waals surface area contributed by atoms with Gasteiger partial charge in [-0.15, -0.1) is 0 Å². The number of rotatable bonds is 11. The second-order valence-corrected chi connectivity index (χ2v) is 6.80. The maximum atomic E-state index is 4.61. The molecule has 0 aromatic carbocycles. The second-order valence-electron chi connectivity index (χ2n) is 5.81. The minimum Gasteiger partial charge on any atom is -0.357 e. The zero-order chi connectivity index (χ0) is 16.1. The molecule has 0 saturated carbocycles. The van der Waals surface area contributed by atoms with Crippen molar-refractivity contribution in [3.05, 3.63) is 0 Å². The normalized spacial score (nSPS) is 12.5. The van der Waals surface area contributed by atoms with Crippen LogP contribution in [0.25, 0.3) is 0 Å². The van der Waals surface area contributed by atoms with E-state index in [-0.39, 0.29) is 0 Å². The first-order valence-electron chi connectivity index (χ1n) is 8.29. The summed E-state index contributed by atoms with van der Waals surface area (Å²) in [5.41, 5.74) is 0. The van der Waals surface area contributed by atoms with Crippen molar-refractivity contribution in [3.63, 3.8) is 0 Å². The van der Waals surface area contributed by atoms with Crippen LogP contribution in [0, 0.1) is 0 Å². The molecule has 0 aromatic heterocycles. The van der Waals surface area contributed by atoms with E-state index in [2.05, 4.69) is 61.4 Å². The summed E-state index contributed by atoms with van der Waals surface area (Å²) in [6.07, 6.45) is 4.43. The summed E-state index contributed by atoms with van der Waals surface area (Å²) in [5.74, 6) is 2.14. The van der Waals surface area contributed by atoms with Crippen LogP contribution in [-0.2, 0) is 0 Å². The number of thioether (sulfide) groups is 1. The molecule has 0 bridgehead atoms. The summed E-state index contributed by atoms with van der Waals surface area (Å²) in [4.78, 5) is 7.14. The van der Waals surface area contributed by atoms with Crippen LogP contribution in [0.2, 0.25) is 0 Å². The highest BCUT2D eigenvalue weighted by molar-refractivity contribution is 7.98. The van der Waals surface area contributed by atoms with Crippen LogP contribution in [-0.4, -0.2) is 61.1 Å². The molecule has 0 heterocycles. The Morgan fingerprint density at radius 2 is 1.76 bits per heavy atom. The molecule has 0 amide bonds. The Kier molecular flexibility index (Phi) is 13.0.